The van der Waals surface area contributed by atoms with Crippen molar-refractivity contribution in [2.45, 2.75) is 75.9 Å². The number of halogens is 4. The minimum Gasteiger partial charge on any atom is -0.408 e. The Balaban J connectivity index is 1.75. The van der Waals surface area contributed by atoms with E-state index in [0.29, 0.717) is 0 Å². The lowest BCUT2D eigenvalue weighted by atomic mass is 10.1. The summed E-state index contributed by atoms with van der Waals surface area (Å²) in [5, 5.41) is 23.7. The van der Waals surface area contributed by atoms with Crippen molar-refractivity contribution in [3.63, 3.8) is 0 Å². The average Bonchev–Trinajstić information content (AvgIpc) is 3.41. The van der Waals surface area contributed by atoms with E-state index < -0.39 is 52.0 Å². The van der Waals surface area contributed by atoms with Gasteiger partial charge in [-0.25, -0.2) is 22.8 Å². The van der Waals surface area contributed by atoms with Gasteiger partial charge in [-0.15, -0.1) is 0 Å². The molecule has 2 saturated heterocycles. The number of aromatic nitrogens is 3. The lowest BCUT2D eigenvalue weighted by Crippen LogP contribution is -2.49. The van der Waals surface area contributed by atoms with Crippen LogP contribution in [0.1, 0.15) is 39.0 Å². The van der Waals surface area contributed by atoms with E-state index in [1.807, 2.05) is 39.9 Å². The van der Waals surface area contributed by atoms with Crippen LogP contribution >= 0.6 is 11.6 Å². The molecule has 2 fully saturated rings. The van der Waals surface area contributed by atoms with Crippen molar-refractivity contribution in [3.05, 3.63) is 16.9 Å². The van der Waals surface area contributed by atoms with Crippen LogP contribution in [0.3, 0.4) is 0 Å². The summed E-state index contributed by atoms with van der Waals surface area (Å²) < 4.78 is 57.0. The zero-order valence-corrected chi connectivity index (χ0v) is 22.0. The molecule has 2 aromatic heterocycles. The summed E-state index contributed by atoms with van der Waals surface area (Å²) in [5.74, 6) is -2.91. The number of rotatable bonds is 5. The largest absolute Gasteiger partial charge is 0.408 e. The third kappa shape index (κ3) is 4.53. The molecule has 8 nitrogen and oxygen atoms in total. The Hall–Kier alpha value is -1.91. The first-order valence-corrected chi connectivity index (χ1v) is 14.7. The zero-order chi connectivity index (χ0) is 25.9. The van der Waals surface area contributed by atoms with Gasteiger partial charge in [0.05, 0.1) is 30.4 Å². The molecule has 35 heavy (non-hydrogen) atoms. The Morgan fingerprint density at radius 2 is 2.09 bits per heavy atom. The van der Waals surface area contributed by atoms with Crippen LogP contribution in [-0.4, -0.2) is 72.2 Å². The van der Waals surface area contributed by atoms with Crippen molar-refractivity contribution in [2.75, 3.05) is 24.6 Å². The van der Waals surface area contributed by atoms with E-state index in [-0.39, 0.29) is 45.4 Å². The van der Waals surface area contributed by atoms with E-state index in [9.17, 15) is 19.1 Å². The van der Waals surface area contributed by atoms with Crippen molar-refractivity contribution < 1.29 is 27.4 Å². The van der Waals surface area contributed by atoms with Crippen LogP contribution in [0.15, 0.2) is 6.20 Å². The van der Waals surface area contributed by atoms with Gasteiger partial charge in [-0.3, -0.25) is 0 Å². The Bertz CT molecular complexity index is 1170. The number of aliphatic hydroxyl groups excluding tert-OH is 1. The van der Waals surface area contributed by atoms with Gasteiger partial charge in [0.2, 0.25) is 0 Å². The number of nitriles is 1. The smallest absolute Gasteiger partial charge is 0.266 e. The topological polar surface area (TPSA) is 96.4 Å². The lowest BCUT2D eigenvalue weighted by molar-refractivity contribution is -0.0493. The molecule has 0 saturated carbocycles. The number of alkyl halides is 3. The van der Waals surface area contributed by atoms with Crippen LogP contribution < -0.4 is 4.90 Å². The predicted molar refractivity (Wildman–Crippen MR) is 127 cm³/mol. The fourth-order valence-corrected chi connectivity index (χ4v) is 5.78. The summed E-state index contributed by atoms with van der Waals surface area (Å²) >= 11 is 6.27. The number of aliphatic hydroxyl groups is 1. The quantitative estimate of drug-likeness (QED) is 0.450. The second kappa shape index (κ2) is 8.88. The van der Waals surface area contributed by atoms with Crippen molar-refractivity contribution in [3.8, 4) is 6.07 Å². The highest BCUT2D eigenvalue weighted by Crippen LogP contribution is 2.44. The van der Waals surface area contributed by atoms with E-state index in [2.05, 4.69) is 10.1 Å². The first-order chi connectivity index (χ1) is 16.2. The standard InChI is InChI=1S/C22H29ClF3N5O3Si/c1-21(2,3)35(4,5)34-17-14(10-32)33-20(15(17)24)31-19-13(9-28-31)16(12(8-27)18(23)29-19)30-7-6-22(25,26)11-30/h9,14-15,17,20,32H,6-7,10-11H2,1-5H3/t14-,15-,17+,20+/m0/s1. The molecule has 0 amide bonds. The maximum absolute atomic E-state index is 15.8. The average molecular weight is 532 g/mol. The Kier molecular flexibility index (Phi) is 6.64. The molecule has 192 valence electrons. The van der Waals surface area contributed by atoms with Gasteiger partial charge >= 0.3 is 0 Å². The minimum absolute atomic E-state index is 0.0168. The molecule has 0 radical (unpaired) electrons. The first-order valence-electron chi connectivity index (χ1n) is 11.4. The summed E-state index contributed by atoms with van der Waals surface area (Å²) in [7, 11) is -2.41. The predicted octanol–water partition coefficient (Wildman–Crippen LogP) is 4.42. The highest BCUT2D eigenvalue weighted by molar-refractivity contribution is 6.74. The fraction of sp³-hybridized carbons (Fsp3) is 0.682. The van der Waals surface area contributed by atoms with Crippen LogP contribution in [0.25, 0.3) is 11.0 Å². The van der Waals surface area contributed by atoms with Gasteiger partial charge in [-0.2, -0.15) is 10.4 Å². The number of anilines is 1. The van der Waals surface area contributed by atoms with Gasteiger partial charge < -0.3 is 19.2 Å². The molecular formula is C22H29ClF3N5O3Si. The molecule has 4 heterocycles. The minimum atomic E-state index is -2.91. The number of nitrogens with zero attached hydrogens (tertiary/aromatic N) is 5. The highest BCUT2D eigenvalue weighted by Gasteiger charge is 2.52. The number of pyridine rings is 1. The van der Waals surface area contributed by atoms with Gasteiger partial charge in [-0.1, -0.05) is 32.4 Å². The van der Waals surface area contributed by atoms with Crippen molar-refractivity contribution in [1.29, 1.82) is 5.26 Å². The van der Waals surface area contributed by atoms with Crippen LogP contribution in [0.2, 0.25) is 23.3 Å². The normalized spacial score (nSPS) is 27.1. The number of fused-ring (bicyclic) bond motifs is 1. The third-order valence-corrected chi connectivity index (χ3v) is 11.9. The molecule has 0 spiro atoms. The number of hydrogen-bond acceptors (Lipinski definition) is 7. The molecule has 2 aliphatic heterocycles. The van der Waals surface area contributed by atoms with Crippen molar-refractivity contribution in [2.24, 2.45) is 0 Å². The molecule has 4 atom stereocenters. The highest BCUT2D eigenvalue weighted by atomic mass is 35.5. The van der Waals surface area contributed by atoms with Gasteiger partial charge in [0.1, 0.15) is 23.8 Å². The lowest BCUT2D eigenvalue weighted by Gasteiger charge is -2.39. The van der Waals surface area contributed by atoms with E-state index >= 15 is 4.39 Å². The summed E-state index contributed by atoms with van der Waals surface area (Å²) in [5.41, 5.74) is 0.233. The fourth-order valence-electron chi connectivity index (χ4n) is 4.25. The zero-order valence-electron chi connectivity index (χ0n) is 20.2. The monoisotopic (exact) mass is 531 g/mol. The van der Waals surface area contributed by atoms with Gasteiger partial charge in [0.15, 0.2) is 31.5 Å². The van der Waals surface area contributed by atoms with Crippen LogP contribution in [-0.2, 0) is 9.16 Å². The summed E-state index contributed by atoms with van der Waals surface area (Å²) in [6, 6.07) is 1.94. The molecule has 0 aliphatic carbocycles. The third-order valence-electron chi connectivity index (χ3n) is 7.19. The van der Waals surface area contributed by atoms with Crippen LogP contribution in [0, 0.1) is 11.3 Å². The van der Waals surface area contributed by atoms with Gasteiger partial charge in [0, 0.05) is 13.0 Å². The molecule has 0 bridgehead atoms. The van der Waals surface area contributed by atoms with Crippen molar-refractivity contribution in [1.82, 2.24) is 14.8 Å². The van der Waals surface area contributed by atoms with E-state index in [4.69, 9.17) is 20.8 Å². The maximum atomic E-state index is 15.8. The molecule has 1 N–H and O–H groups in total. The summed E-state index contributed by atoms with van der Waals surface area (Å²) in [6.07, 6.45) is -3.97. The Morgan fingerprint density at radius 1 is 1.40 bits per heavy atom. The number of hydrogen-bond donors (Lipinski definition) is 1. The molecular weight excluding hydrogens is 503 g/mol. The molecule has 0 unspecified atom stereocenters. The Labute approximate surface area is 207 Å². The molecule has 2 aliphatic rings. The maximum Gasteiger partial charge on any atom is 0.266 e. The van der Waals surface area contributed by atoms with Gasteiger partial charge in [0.25, 0.3) is 5.92 Å². The van der Waals surface area contributed by atoms with E-state index in [1.165, 1.54) is 15.8 Å². The van der Waals surface area contributed by atoms with Crippen LogP contribution in [0.5, 0.6) is 0 Å². The van der Waals surface area contributed by atoms with E-state index in [0.717, 1.165) is 0 Å². The first kappa shape index (κ1) is 26.2. The number of ether oxygens (including phenoxy) is 1. The molecule has 2 aromatic rings. The second-order valence-corrected chi connectivity index (χ2v) is 15.7. The second-order valence-electron chi connectivity index (χ2n) is 10.6. The van der Waals surface area contributed by atoms with Gasteiger partial charge in [-0.05, 0) is 18.1 Å². The summed E-state index contributed by atoms with van der Waals surface area (Å²) in [4.78, 5) is 5.61. The SMILES string of the molecule is CC(C)(C)[Si](C)(C)O[C@H]1[C@H](F)[C@H](n2ncc3c(N4CCC(F)(F)C4)c(C#N)c(Cl)nc32)O[C@H]1CO. The molecule has 4 rings (SSSR count). The summed E-state index contributed by atoms with van der Waals surface area (Å²) in [6.45, 7) is 9.01. The molecule has 13 heteroatoms. The van der Waals surface area contributed by atoms with Crippen molar-refractivity contribution >= 4 is 36.6 Å². The molecule has 0 aromatic carbocycles. The Morgan fingerprint density at radius 3 is 2.63 bits per heavy atom. The van der Waals surface area contributed by atoms with E-state index in [1.54, 1.807) is 0 Å². The van der Waals surface area contributed by atoms with Crippen LogP contribution in [0.4, 0.5) is 18.9 Å².